The summed E-state index contributed by atoms with van der Waals surface area (Å²) in [6.07, 6.45) is 4.25. The van der Waals surface area contributed by atoms with Crippen LogP contribution in [0.25, 0.3) is 0 Å². The molecule has 0 fully saturated rings. The molecule has 1 aliphatic heterocycles. The van der Waals surface area contributed by atoms with E-state index in [1.54, 1.807) is 12.4 Å². The van der Waals surface area contributed by atoms with Crippen molar-refractivity contribution in [2.24, 2.45) is 0 Å². The number of anilines is 1. The van der Waals surface area contributed by atoms with Gasteiger partial charge in [0.05, 0.1) is 6.04 Å². The van der Waals surface area contributed by atoms with Gasteiger partial charge in [0.2, 0.25) is 5.91 Å². The molecule has 0 radical (unpaired) electrons. The maximum Gasteiger partial charge on any atom is 0.243 e. The van der Waals surface area contributed by atoms with E-state index in [0.717, 1.165) is 17.7 Å². The Morgan fingerprint density at radius 1 is 1.35 bits per heavy atom. The zero-order valence-electron chi connectivity index (χ0n) is 11.3. The second-order valence-corrected chi connectivity index (χ2v) is 5.07. The van der Waals surface area contributed by atoms with E-state index in [1.807, 2.05) is 37.3 Å². The number of nitrogens with zero attached hydrogens (tertiary/aromatic N) is 1. The van der Waals surface area contributed by atoms with Gasteiger partial charge in [0.15, 0.2) is 0 Å². The maximum absolute atomic E-state index is 12.3. The fourth-order valence-corrected chi connectivity index (χ4v) is 2.49. The monoisotopic (exact) mass is 267 g/mol. The van der Waals surface area contributed by atoms with Crippen LogP contribution >= 0.6 is 0 Å². The fourth-order valence-electron chi connectivity index (χ4n) is 2.49. The van der Waals surface area contributed by atoms with Gasteiger partial charge in [-0.3, -0.25) is 9.78 Å². The minimum absolute atomic E-state index is 0.0255. The molecule has 1 aliphatic rings. The van der Waals surface area contributed by atoms with Crippen molar-refractivity contribution < 1.29 is 4.79 Å². The predicted molar refractivity (Wildman–Crippen MR) is 78.4 cm³/mol. The summed E-state index contributed by atoms with van der Waals surface area (Å²) in [7, 11) is 0. The molecule has 0 unspecified atom stereocenters. The SMILES string of the molecule is C[C@H](NC(=O)[C@@H]1Cc2ccccc2N1)c1cccnc1. The number of para-hydroxylation sites is 1. The molecule has 4 heteroatoms. The van der Waals surface area contributed by atoms with Gasteiger partial charge in [-0.25, -0.2) is 0 Å². The molecule has 3 rings (SSSR count). The number of carbonyl (C=O) groups excluding carboxylic acids is 1. The number of hydrogen-bond donors (Lipinski definition) is 2. The highest BCUT2D eigenvalue weighted by atomic mass is 16.2. The molecule has 2 aromatic rings. The lowest BCUT2D eigenvalue weighted by atomic mass is 10.1. The largest absolute Gasteiger partial charge is 0.373 e. The van der Waals surface area contributed by atoms with Crippen molar-refractivity contribution in [2.45, 2.75) is 25.4 Å². The summed E-state index contributed by atoms with van der Waals surface area (Å²) in [6, 6.07) is 11.7. The Morgan fingerprint density at radius 3 is 2.95 bits per heavy atom. The Morgan fingerprint density at radius 2 is 2.20 bits per heavy atom. The summed E-state index contributed by atoms with van der Waals surface area (Å²) in [6.45, 7) is 1.97. The Balaban J connectivity index is 1.64. The summed E-state index contributed by atoms with van der Waals surface area (Å²) in [4.78, 5) is 16.4. The molecule has 0 bridgehead atoms. The molecule has 102 valence electrons. The summed E-state index contributed by atoms with van der Waals surface area (Å²) in [5.41, 5.74) is 3.26. The zero-order chi connectivity index (χ0) is 13.9. The van der Waals surface area contributed by atoms with Crippen LogP contribution < -0.4 is 10.6 Å². The van der Waals surface area contributed by atoms with E-state index in [4.69, 9.17) is 0 Å². The molecule has 0 aliphatic carbocycles. The molecule has 0 saturated carbocycles. The van der Waals surface area contributed by atoms with E-state index in [2.05, 4.69) is 21.7 Å². The molecule has 1 aromatic heterocycles. The number of amides is 1. The highest BCUT2D eigenvalue weighted by Gasteiger charge is 2.27. The third kappa shape index (κ3) is 2.50. The Labute approximate surface area is 118 Å². The first kappa shape index (κ1) is 12.7. The first-order valence-electron chi connectivity index (χ1n) is 6.79. The molecule has 4 nitrogen and oxygen atoms in total. The van der Waals surface area contributed by atoms with Crippen LogP contribution in [0.3, 0.4) is 0 Å². The average molecular weight is 267 g/mol. The maximum atomic E-state index is 12.3. The fraction of sp³-hybridized carbons (Fsp3) is 0.250. The van der Waals surface area contributed by atoms with E-state index in [-0.39, 0.29) is 18.0 Å². The zero-order valence-corrected chi connectivity index (χ0v) is 11.3. The second kappa shape index (κ2) is 5.33. The average Bonchev–Trinajstić information content (AvgIpc) is 2.92. The van der Waals surface area contributed by atoms with E-state index in [9.17, 15) is 4.79 Å². The van der Waals surface area contributed by atoms with Gasteiger partial charge < -0.3 is 10.6 Å². The van der Waals surface area contributed by atoms with Crippen LogP contribution in [0.15, 0.2) is 48.8 Å². The summed E-state index contributed by atoms with van der Waals surface area (Å²) < 4.78 is 0. The van der Waals surface area contributed by atoms with E-state index < -0.39 is 0 Å². The highest BCUT2D eigenvalue weighted by Crippen LogP contribution is 2.25. The van der Waals surface area contributed by atoms with Gasteiger partial charge >= 0.3 is 0 Å². The summed E-state index contributed by atoms with van der Waals surface area (Å²) in [5, 5.41) is 6.29. The molecule has 20 heavy (non-hydrogen) atoms. The van der Waals surface area contributed by atoms with Crippen LogP contribution in [0.4, 0.5) is 5.69 Å². The van der Waals surface area contributed by atoms with Crippen molar-refractivity contribution in [3.8, 4) is 0 Å². The van der Waals surface area contributed by atoms with Crippen molar-refractivity contribution in [3.63, 3.8) is 0 Å². The Bertz CT molecular complexity index is 587. The van der Waals surface area contributed by atoms with Crippen molar-refractivity contribution in [3.05, 3.63) is 59.9 Å². The van der Waals surface area contributed by atoms with Gasteiger partial charge in [-0.2, -0.15) is 0 Å². The Kier molecular flexibility index (Phi) is 3.37. The van der Waals surface area contributed by atoms with Gasteiger partial charge in [0, 0.05) is 24.5 Å². The smallest absolute Gasteiger partial charge is 0.243 e. The lowest BCUT2D eigenvalue weighted by molar-refractivity contribution is -0.122. The first-order valence-corrected chi connectivity index (χ1v) is 6.79. The molecule has 2 N–H and O–H groups in total. The molecular weight excluding hydrogens is 250 g/mol. The van der Waals surface area contributed by atoms with Crippen LogP contribution in [-0.4, -0.2) is 16.9 Å². The third-order valence-corrected chi connectivity index (χ3v) is 3.63. The van der Waals surface area contributed by atoms with Crippen LogP contribution in [-0.2, 0) is 11.2 Å². The van der Waals surface area contributed by atoms with Crippen LogP contribution in [0.2, 0.25) is 0 Å². The van der Waals surface area contributed by atoms with Gasteiger partial charge in [0.1, 0.15) is 6.04 Å². The molecule has 2 atom stereocenters. The second-order valence-electron chi connectivity index (χ2n) is 5.07. The number of hydrogen-bond acceptors (Lipinski definition) is 3. The van der Waals surface area contributed by atoms with Crippen molar-refractivity contribution in [1.82, 2.24) is 10.3 Å². The molecule has 2 heterocycles. The van der Waals surface area contributed by atoms with Gasteiger partial charge in [0.25, 0.3) is 0 Å². The Hall–Kier alpha value is -2.36. The quantitative estimate of drug-likeness (QED) is 0.897. The van der Waals surface area contributed by atoms with Crippen molar-refractivity contribution in [2.75, 3.05) is 5.32 Å². The number of aromatic nitrogens is 1. The number of pyridine rings is 1. The van der Waals surface area contributed by atoms with Crippen molar-refractivity contribution >= 4 is 11.6 Å². The first-order chi connectivity index (χ1) is 9.74. The van der Waals surface area contributed by atoms with Crippen LogP contribution in [0.5, 0.6) is 0 Å². The number of rotatable bonds is 3. The predicted octanol–water partition coefficient (Wildman–Crippen LogP) is 2.30. The standard InChI is InChI=1S/C16H17N3O/c1-11(13-6-4-8-17-10-13)18-16(20)15-9-12-5-2-3-7-14(12)19-15/h2-8,10-11,15,19H,9H2,1H3,(H,18,20)/t11-,15-/m0/s1. The molecular formula is C16H17N3O. The lowest BCUT2D eigenvalue weighted by Gasteiger charge is -2.17. The lowest BCUT2D eigenvalue weighted by Crippen LogP contribution is -2.39. The normalized spacial score (nSPS) is 17.9. The number of carbonyl (C=O) groups is 1. The molecule has 0 saturated heterocycles. The minimum Gasteiger partial charge on any atom is -0.373 e. The van der Waals surface area contributed by atoms with Gasteiger partial charge in [-0.05, 0) is 30.2 Å². The van der Waals surface area contributed by atoms with E-state index >= 15 is 0 Å². The number of fused-ring (bicyclic) bond motifs is 1. The number of benzene rings is 1. The minimum atomic E-state index is -0.188. The van der Waals surface area contributed by atoms with Crippen molar-refractivity contribution in [1.29, 1.82) is 0 Å². The van der Waals surface area contributed by atoms with Crippen LogP contribution in [0.1, 0.15) is 24.1 Å². The van der Waals surface area contributed by atoms with Crippen LogP contribution in [0, 0.1) is 0 Å². The summed E-state index contributed by atoms with van der Waals surface area (Å²) >= 11 is 0. The third-order valence-electron chi connectivity index (χ3n) is 3.63. The highest BCUT2D eigenvalue weighted by molar-refractivity contribution is 5.87. The molecule has 1 aromatic carbocycles. The van der Waals surface area contributed by atoms with E-state index in [1.165, 1.54) is 5.56 Å². The van der Waals surface area contributed by atoms with Gasteiger partial charge in [-0.15, -0.1) is 0 Å². The summed E-state index contributed by atoms with van der Waals surface area (Å²) in [5.74, 6) is 0.0255. The number of nitrogens with one attached hydrogen (secondary N) is 2. The van der Waals surface area contributed by atoms with Gasteiger partial charge in [-0.1, -0.05) is 24.3 Å². The van der Waals surface area contributed by atoms with E-state index in [0.29, 0.717) is 0 Å². The molecule has 0 spiro atoms. The topological polar surface area (TPSA) is 54.0 Å². The molecule has 1 amide bonds.